The summed E-state index contributed by atoms with van der Waals surface area (Å²) in [6, 6.07) is 10.4. The highest BCUT2D eigenvalue weighted by Gasteiger charge is 2.12. The second kappa shape index (κ2) is 5.50. The smallest absolute Gasteiger partial charge is 0.160 e. The molecule has 5 heteroatoms. The fourth-order valence-electron chi connectivity index (χ4n) is 2.11. The molecule has 0 aromatic carbocycles. The Balaban J connectivity index is 1.65. The predicted octanol–water partition coefficient (Wildman–Crippen LogP) is 2.68. The summed E-state index contributed by atoms with van der Waals surface area (Å²) in [5, 5.41) is 14.1. The van der Waals surface area contributed by atoms with Crippen molar-refractivity contribution in [2.75, 3.05) is 6.54 Å². The molecule has 4 nitrogen and oxygen atoms in total. The molecule has 0 unspecified atom stereocenters. The topological polar surface area (TPSA) is 42.2 Å². The molecule has 0 bridgehead atoms. The number of hydrogen-bond donors (Lipinski definition) is 1. The first kappa shape index (κ1) is 12.3. The largest absolute Gasteiger partial charge is 0.307 e. The molecule has 0 radical (unpaired) electrons. The number of thiophene rings is 1. The van der Waals surface area contributed by atoms with Crippen LogP contribution in [-0.4, -0.2) is 21.1 Å². The van der Waals surface area contributed by atoms with Gasteiger partial charge in [0.15, 0.2) is 11.5 Å². The van der Waals surface area contributed by atoms with Crippen LogP contribution < -0.4 is 5.32 Å². The molecule has 0 aliphatic heterocycles. The van der Waals surface area contributed by atoms with Crippen molar-refractivity contribution in [3.63, 3.8) is 0 Å². The van der Waals surface area contributed by atoms with Gasteiger partial charge in [0.2, 0.25) is 0 Å². The van der Waals surface area contributed by atoms with E-state index in [2.05, 4.69) is 40.0 Å². The molecule has 98 valence electrons. The highest BCUT2D eigenvalue weighted by molar-refractivity contribution is 7.09. The van der Waals surface area contributed by atoms with Gasteiger partial charge in [0.1, 0.15) is 0 Å². The van der Waals surface area contributed by atoms with Crippen LogP contribution in [0.25, 0.3) is 5.65 Å². The number of aromatic nitrogens is 3. The summed E-state index contributed by atoms with van der Waals surface area (Å²) in [7, 11) is 0. The molecule has 19 heavy (non-hydrogen) atoms. The SMILES string of the molecule is C[C@H](NCCc1cccs1)c1nnc2ccccn12. The van der Waals surface area contributed by atoms with Crippen LogP contribution in [0.4, 0.5) is 0 Å². The van der Waals surface area contributed by atoms with Gasteiger partial charge in [0.05, 0.1) is 6.04 Å². The van der Waals surface area contributed by atoms with Crippen molar-refractivity contribution < 1.29 is 0 Å². The molecule has 0 amide bonds. The zero-order valence-electron chi connectivity index (χ0n) is 10.8. The zero-order valence-corrected chi connectivity index (χ0v) is 11.6. The van der Waals surface area contributed by atoms with E-state index in [1.165, 1.54) is 4.88 Å². The summed E-state index contributed by atoms with van der Waals surface area (Å²) in [6.07, 6.45) is 3.06. The van der Waals surface area contributed by atoms with E-state index in [0.717, 1.165) is 24.4 Å². The number of fused-ring (bicyclic) bond motifs is 1. The lowest BCUT2D eigenvalue weighted by atomic mass is 10.3. The average molecular weight is 272 g/mol. The first-order valence-corrected chi connectivity index (χ1v) is 7.28. The van der Waals surface area contributed by atoms with Crippen LogP contribution in [0.5, 0.6) is 0 Å². The Kier molecular flexibility index (Phi) is 3.57. The van der Waals surface area contributed by atoms with E-state index in [9.17, 15) is 0 Å². The molecule has 1 N–H and O–H groups in total. The predicted molar refractivity (Wildman–Crippen MR) is 77.4 cm³/mol. The van der Waals surface area contributed by atoms with Crippen molar-refractivity contribution in [1.29, 1.82) is 0 Å². The standard InChI is InChI=1S/C14H16N4S/c1-11(15-8-7-12-5-4-10-19-12)14-17-16-13-6-2-3-9-18(13)14/h2-6,9-11,15H,7-8H2,1H3/t11-/m0/s1. The van der Waals surface area contributed by atoms with Gasteiger partial charge in [-0.3, -0.25) is 4.40 Å². The van der Waals surface area contributed by atoms with Crippen LogP contribution in [0.2, 0.25) is 0 Å². The highest BCUT2D eigenvalue weighted by atomic mass is 32.1. The first-order valence-electron chi connectivity index (χ1n) is 6.40. The summed E-state index contributed by atoms with van der Waals surface area (Å²) in [6.45, 7) is 3.07. The molecule has 0 fully saturated rings. The lowest BCUT2D eigenvalue weighted by Gasteiger charge is -2.11. The first-order chi connectivity index (χ1) is 9.34. The maximum absolute atomic E-state index is 4.26. The van der Waals surface area contributed by atoms with Gasteiger partial charge in [-0.05, 0) is 36.9 Å². The van der Waals surface area contributed by atoms with Crippen molar-refractivity contribution in [2.45, 2.75) is 19.4 Å². The Labute approximate surface area is 116 Å². The molecule has 3 heterocycles. The van der Waals surface area contributed by atoms with E-state index in [1.807, 2.05) is 28.8 Å². The summed E-state index contributed by atoms with van der Waals surface area (Å²) < 4.78 is 2.03. The molecule has 0 aliphatic rings. The van der Waals surface area contributed by atoms with Gasteiger partial charge in [-0.2, -0.15) is 0 Å². The van der Waals surface area contributed by atoms with Crippen molar-refractivity contribution in [3.05, 3.63) is 52.6 Å². The van der Waals surface area contributed by atoms with Gasteiger partial charge >= 0.3 is 0 Å². The van der Waals surface area contributed by atoms with E-state index in [0.29, 0.717) is 0 Å². The Morgan fingerprint density at radius 3 is 3.05 bits per heavy atom. The summed E-state index contributed by atoms with van der Waals surface area (Å²) in [4.78, 5) is 1.41. The number of nitrogens with one attached hydrogen (secondary N) is 1. The third-order valence-electron chi connectivity index (χ3n) is 3.13. The lowest BCUT2D eigenvalue weighted by Crippen LogP contribution is -2.23. The van der Waals surface area contributed by atoms with E-state index in [1.54, 1.807) is 11.3 Å². The molecule has 0 saturated carbocycles. The van der Waals surface area contributed by atoms with E-state index in [4.69, 9.17) is 0 Å². The van der Waals surface area contributed by atoms with E-state index in [-0.39, 0.29) is 6.04 Å². The van der Waals surface area contributed by atoms with Crippen LogP contribution in [-0.2, 0) is 6.42 Å². The third kappa shape index (κ3) is 2.67. The Bertz CT molecular complexity index is 644. The van der Waals surface area contributed by atoms with Crippen LogP contribution in [0.1, 0.15) is 23.7 Å². The fourth-order valence-corrected chi connectivity index (χ4v) is 2.82. The van der Waals surface area contributed by atoms with Crippen LogP contribution in [0, 0.1) is 0 Å². The van der Waals surface area contributed by atoms with Gasteiger partial charge in [-0.15, -0.1) is 21.5 Å². The summed E-state index contributed by atoms with van der Waals surface area (Å²) in [5.41, 5.74) is 0.893. The number of rotatable bonds is 5. The molecule has 3 aromatic rings. The average Bonchev–Trinajstić information content (AvgIpc) is 3.07. The Morgan fingerprint density at radius 1 is 1.26 bits per heavy atom. The molecule has 1 atom stereocenters. The van der Waals surface area contributed by atoms with Gasteiger partial charge in [0.25, 0.3) is 0 Å². The molecule has 0 aliphatic carbocycles. The minimum absolute atomic E-state index is 0.192. The normalized spacial score (nSPS) is 12.9. The molecule has 0 spiro atoms. The Morgan fingerprint density at radius 2 is 2.21 bits per heavy atom. The molecule has 3 rings (SSSR count). The van der Waals surface area contributed by atoms with Gasteiger partial charge < -0.3 is 5.32 Å². The molecule has 3 aromatic heterocycles. The van der Waals surface area contributed by atoms with Crippen LogP contribution in [0.3, 0.4) is 0 Å². The van der Waals surface area contributed by atoms with Crippen molar-refractivity contribution in [2.24, 2.45) is 0 Å². The minimum Gasteiger partial charge on any atom is -0.307 e. The number of hydrogen-bond acceptors (Lipinski definition) is 4. The monoisotopic (exact) mass is 272 g/mol. The van der Waals surface area contributed by atoms with Crippen LogP contribution in [0.15, 0.2) is 41.9 Å². The van der Waals surface area contributed by atoms with Gasteiger partial charge in [-0.1, -0.05) is 12.1 Å². The second-order valence-electron chi connectivity index (χ2n) is 4.49. The quantitative estimate of drug-likeness (QED) is 0.776. The number of pyridine rings is 1. The minimum atomic E-state index is 0.192. The second-order valence-corrected chi connectivity index (χ2v) is 5.52. The van der Waals surface area contributed by atoms with Crippen molar-refractivity contribution in [3.8, 4) is 0 Å². The van der Waals surface area contributed by atoms with Gasteiger partial charge in [-0.25, -0.2) is 0 Å². The molecule has 0 saturated heterocycles. The summed E-state index contributed by atoms with van der Waals surface area (Å²) in [5.74, 6) is 0.960. The maximum atomic E-state index is 4.26. The fraction of sp³-hybridized carbons (Fsp3) is 0.286. The zero-order chi connectivity index (χ0) is 13.1. The van der Waals surface area contributed by atoms with Crippen molar-refractivity contribution in [1.82, 2.24) is 19.9 Å². The lowest BCUT2D eigenvalue weighted by molar-refractivity contribution is 0.546. The van der Waals surface area contributed by atoms with Crippen LogP contribution >= 0.6 is 11.3 Å². The van der Waals surface area contributed by atoms with E-state index < -0.39 is 0 Å². The van der Waals surface area contributed by atoms with Crippen molar-refractivity contribution >= 4 is 17.0 Å². The van der Waals surface area contributed by atoms with E-state index >= 15 is 0 Å². The van der Waals surface area contributed by atoms with Gasteiger partial charge in [0, 0.05) is 17.6 Å². The summed E-state index contributed by atoms with van der Waals surface area (Å²) >= 11 is 1.80. The number of nitrogens with zero attached hydrogens (tertiary/aromatic N) is 3. The maximum Gasteiger partial charge on any atom is 0.160 e. The molecular weight excluding hydrogens is 256 g/mol. The molecular formula is C14H16N4S. The Hall–Kier alpha value is -1.72. The highest BCUT2D eigenvalue weighted by Crippen LogP contribution is 2.12. The third-order valence-corrected chi connectivity index (χ3v) is 4.07.